The Morgan fingerprint density at radius 3 is 2.75 bits per heavy atom. The largest absolute Gasteiger partial charge is 0.476 e. The van der Waals surface area contributed by atoms with Gasteiger partial charge in [0.05, 0.1) is 6.61 Å². The van der Waals surface area contributed by atoms with Gasteiger partial charge in [-0.3, -0.25) is 0 Å². The average molecular weight is 278 g/mol. The first-order chi connectivity index (χ1) is 9.64. The summed E-state index contributed by atoms with van der Waals surface area (Å²) in [5, 5.41) is 3.38. The molecule has 1 fully saturated rings. The molecule has 1 aromatic heterocycles. The minimum atomic E-state index is 0.347. The fourth-order valence-corrected chi connectivity index (χ4v) is 2.71. The lowest BCUT2D eigenvalue weighted by molar-refractivity contribution is 0.233. The number of anilines is 2. The summed E-state index contributed by atoms with van der Waals surface area (Å²) in [4.78, 5) is 8.33. The molecular weight excluding hydrogens is 252 g/mol. The molecule has 112 valence electrons. The van der Waals surface area contributed by atoms with Gasteiger partial charge in [-0.1, -0.05) is 33.1 Å². The van der Waals surface area contributed by atoms with Crippen molar-refractivity contribution < 1.29 is 4.74 Å². The second-order valence-electron chi connectivity index (χ2n) is 6.01. The highest BCUT2D eigenvalue weighted by molar-refractivity contribution is 5.66. The van der Waals surface area contributed by atoms with E-state index in [-0.39, 0.29) is 0 Å². The van der Waals surface area contributed by atoms with Crippen LogP contribution in [-0.2, 0) is 0 Å². The standard InChI is InChI=1S/C15H26N4O/c1-3-9-20-14-12(16)13(18-11-19-14)17-10-15(2)7-5-4-6-8-15/h11H,3-10,16H2,1-2H3,(H,17,18,19). The normalized spacial score (nSPS) is 17.7. The van der Waals surface area contributed by atoms with Crippen molar-refractivity contribution in [1.82, 2.24) is 9.97 Å². The van der Waals surface area contributed by atoms with Crippen LogP contribution in [0.3, 0.4) is 0 Å². The van der Waals surface area contributed by atoms with Crippen LogP contribution in [0.15, 0.2) is 6.33 Å². The number of hydrogen-bond acceptors (Lipinski definition) is 5. The third-order valence-corrected chi connectivity index (χ3v) is 4.03. The van der Waals surface area contributed by atoms with Gasteiger partial charge in [-0.15, -0.1) is 0 Å². The van der Waals surface area contributed by atoms with Crippen LogP contribution in [0.2, 0.25) is 0 Å². The predicted octanol–water partition coefficient (Wildman–Crippen LogP) is 3.23. The fourth-order valence-electron chi connectivity index (χ4n) is 2.71. The smallest absolute Gasteiger partial charge is 0.242 e. The first-order valence-corrected chi connectivity index (χ1v) is 7.62. The number of nitrogens with two attached hydrogens (primary N) is 1. The Labute approximate surface area is 121 Å². The van der Waals surface area contributed by atoms with Gasteiger partial charge in [-0.2, -0.15) is 4.98 Å². The molecule has 3 N–H and O–H groups in total. The molecule has 1 heterocycles. The molecule has 0 bridgehead atoms. The highest BCUT2D eigenvalue weighted by Crippen LogP contribution is 2.36. The van der Waals surface area contributed by atoms with E-state index in [0.29, 0.717) is 29.4 Å². The quantitative estimate of drug-likeness (QED) is 0.835. The molecule has 1 saturated carbocycles. The number of nitrogens with one attached hydrogen (secondary N) is 1. The second kappa shape index (κ2) is 6.77. The van der Waals surface area contributed by atoms with Gasteiger partial charge in [0.2, 0.25) is 5.88 Å². The molecule has 0 unspecified atom stereocenters. The minimum Gasteiger partial charge on any atom is -0.476 e. The lowest BCUT2D eigenvalue weighted by atomic mass is 9.76. The second-order valence-corrected chi connectivity index (χ2v) is 6.01. The zero-order valence-corrected chi connectivity index (χ0v) is 12.6. The predicted molar refractivity (Wildman–Crippen MR) is 81.9 cm³/mol. The van der Waals surface area contributed by atoms with Crippen molar-refractivity contribution in [3.05, 3.63) is 6.33 Å². The zero-order chi connectivity index (χ0) is 14.4. The molecule has 0 aliphatic heterocycles. The van der Waals surface area contributed by atoms with Gasteiger partial charge in [0.1, 0.15) is 12.0 Å². The molecule has 0 amide bonds. The van der Waals surface area contributed by atoms with Gasteiger partial charge in [-0.25, -0.2) is 4.98 Å². The molecule has 1 aromatic rings. The van der Waals surface area contributed by atoms with Crippen LogP contribution in [-0.4, -0.2) is 23.1 Å². The number of nitrogens with zero attached hydrogens (tertiary/aromatic N) is 2. The molecule has 0 spiro atoms. The summed E-state index contributed by atoms with van der Waals surface area (Å²) >= 11 is 0. The van der Waals surface area contributed by atoms with Gasteiger partial charge < -0.3 is 15.8 Å². The van der Waals surface area contributed by atoms with Crippen molar-refractivity contribution in [3.8, 4) is 5.88 Å². The zero-order valence-electron chi connectivity index (χ0n) is 12.6. The molecule has 1 aliphatic rings. The lowest BCUT2D eigenvalue weighted by Gasteiger charge is -2.33. The number of aromatic nitrogens is 2. The van der Waals surface area contributed by atoms with E-state index in [4.69, 9.17) is 10.5 Å². The topological polar surface area (TPSA) is 73.1 Å². The van der Waals surface area contributed by atoms with E-state index in [1.54, 1.807) is 0 Å². The summed E-state index contributed by atoms with van der Waals surface area (Å²) in [6, 6.07) is 0. The van der Waals surface area contributed by atoms with Gasteiger partial charge in [0.25, 0.3) is 0 Å². The maximum atomic E-state index is 6.07. The van der Waals surface area contributed by atoms with Crippen LogP contribution in [0.5, 0.6) is 5.88 Å². The molecule has 0 saturated heterocycles. The minimum absolute atomic E-state index is 0.347. The van der Waals surface area contributed by atoms with Crippen molar-refractivity contribution in [3.63, 3.8) is 0 Å². The first kappa shape index (κ1) is 14.9. The van der Waals surface area contributed by atoms with Gasteiger partial charge >= 0.3 is 0 Å². The molecule has 5 heteroatoms. The van der Waals surface area contributed by atoms with Crippen LogP contribution in [0.1, 0.15) is 52.4 Å². The highest BCUT2D eigenvalue weighted by Gasteiger charge is 2.27. The molecule has 20 heavy (non-hydrogen) atoms. The van der Waals surface area contributed by atoms with E-state index in [9.17, 15) is 0 Å². The van der Waals surface area contributed by atoms with E-state index in [1.807, 2.05) is 0 Å². The number of ether oxygens (including phenoxy) is 1. The number of rotatable bonds is 6. The molecule has 0 radical (unpaired) electrons. The SMILES string of the molecule is CCCOc1ncnc(NCC2(C)CCCCC2)c1N. The van der Waals surface area contributed by atoms with Crippen molar-refractivity contribution >= 4 is 11.5 Å². The fraction of sp³-hybridized carbons (Fsp3) is 0.733. The van der Waals surface area contributed by atoms with E-state index in [2.05, 4.69) is 29.1 Å². The Morgan fingerprint density at radius 1 is 1.30 bits per heavy atom. The van der Waals surface area contributed by atoms with Crippen LogP contribution in [0.4, 0.5) is 11.5 Å². The summed E-state index contributed by atoms with van der Waals surface area (Å²) in [5.74, 6) is 1.18. The van der Waals surface area contributed by atoms with Crippen molar-refractivity contribution in [2.75, 3.05) is 24.2 Å². The van der Waals surface area contributed by atoms with Crippen molar-refractivity contribution in [2.24, 2.45) is 5.41 Å². The molecule has 2 rings (SSSR count). The Morgan fingerprint density at radius 2 is 2.05 bits per heavy atom. The average Bonchev–Trinajstić information content (AvgIpc) is 2.46. The van der Waals surface area contributed by atoms with E-state index in [1.165, 1.54) is 38.4 Å². The third kappa shape index (κ3) is 3.74. The van der Waals surface area contributed by atoms with Crippen LogP contribution in [0, 0.1) is 5.41 Å². The highest BCUT2D eigenvalue weighted by atomic mass is 16.5. The summed E-state index contributed by atoms with van der Waals surface area (Å²) in [6.07, 6.45) is 8.98. The number of hydrogen-bond donors (Lipinski definition) is 2. The summed E-state index contributed by atoms with van der Waals surface area (Å²) in [6.45, 7) is 5.92. The summed E-state index contributed by atoms with van der Waals surface area (Å²) in [5.41, 5.74) is 6.93. The lowest BCUT2D eigenvalue weighted by Crippen LogP contribution is -2.29. The molecule has 0 atom stereocenters. The number of nitrogen functional groups attached to an aromatic ring is 1. The molecule has 5 nitrogen and oxygen atoms in total. The Balaban J connectivity index is 1.98. The first-order valence-electron chi connectivity index (χ1n) is 7.62. The third-order valence-electron chi connectivity index (χ3n) is 4.03. The molecule has 0 aromatic carbocycles. The van der Waals surface area contributed by atoms with Crippen LogP contribution in [0.25, 0.3) is 0 Å². The van der Waals surface area contributed by atoms with E-state index in [0.717, 1.165) is 13.0 Å². The van der Waals surface area contributed by atoms with Gasteiger partial charge in [0.15, 0.2) is 5.82 Å². The molecule has 1 aliphatic carbocycles. The van der Waals surface area contributed by atoms with Gasteiger partial charge in [-0.05, 0) is 24.7 Å². The maximum absolute atomic E-state index is 6.07. The molecular formula is C15H26N4O. The Bertz CT molecular complexity index is 430. The van der Waals surface area contributed by atoms with Crippen LogP contribution < -0.4 is 15.8 Å². The van der Waals surface area contributed by atoms with Crippen molar-refractivity contribution in [1.29, 1.82) is 0 Å². The summed E-state index contributed by atoms with van der Waals surface area (Å²) in [7, 11) is 0. The van der Waals surface area contributed by atoms with E-state index < -0.39 is 0 Å². The maximum Gasteiger partial charge on any atom is 0.242 e. The summed E-state index contributed by atoms with van der Waals surface area (Å²) < 4.78 is 5.53. The van der Waals surface area contributed by atoms with E-state index >= 15 is 0 Å². The Kier molecular flexibility index (Phi) is 5.04. The van der Waals surface area contributed by atoms with Crippen LogP contribution >= 0.6 is 0 Å². The van der Waals surface area contributed by atoms with Crippen molar-refractivity contribution in [2.45, 2.75) is 52.4 Å². The monoisotopic (exact) mass is 278 g/mol. The van der Waals surface area contributed by atoms with Gasteiger partial charge in [0, 0.05) is 6.54 Å². The Hall–Kier alpha value is -1.52.